The van der Waals surface area contributed by atoms with E-state index in [1.807, 2.05) is 70.5 Å². The van der Waals surface area contributed by atoms with Crippen molar-refractivity contribution in [1.82, 2.24) is 45.9 Å². The summed E-state index contributed by atoms with van der Waals surface area (Å²) in [5, 5.41) is 35.7. The molecule has 6 aliphatic heterocycles. The van der Waals surface area contributed by atoms with Gasteiger partial charge >= 0.3 is 6.18 Å². The van der Waals surface area contributed by atoms with Crippen LogP contribution in [-0.2, 0) is 6.18 Å². The van der Waals surface area contributed by atoms with Gasteiger partial charge in [0.15, 0.2) is 15.3 Å². The number of nitrogens with one attached hydrogen (secondary N) is 6. The number of anilines is 7. The zero-order valence-electron chi connectivity index (χ0n) is 47.5. The van der Waals surface area contributed by atoms with Gasteiger partial charge in [-0.15, -0.1) is 0 Å². The molecule has 3 fully saturated rings. The van der Waals surface area contributed by atoms with Gasteiger partial charge in [-0.05, 0) is 109 Å². The van der Waals surface area contributed by atoms with E-state index in [9.17, 15) is 13.2 Å². The number of benzene rings is 3. The van der Waals surface area contributed by atoms with Crippen molar-refractivity contribution < 1.29 is 13.2 Å². The first-order valence-electron chi connectivity index (χ1n) is 28.4. The Morgan fingerprint density at radius 3 is 1.32 bits per heavy atom. The first-order chi connectivity index (χ1) is 42.6. The monoisotopic (exact) mass is 1310 g/mol. The van der Waals surface area contributed by atoms with Crippen molar-refractivity contribution in [3.05, 3.63) is 153 Å². The van der Waals surface area contributed by atoms with Crippen LogP contribution in [0.2, 0.25) is 15.1 Å². The topological polar surface area (TPSA) is 217 Å². The van der Waals surface area contributed by atoms with E-state index in [2.05, 4.69) is 94.2 Å². The predicted octanol–water partition coefficient (Wildman–Crippen LogP) is 9.33. The maximum atomic E-state index is 13.0. The van der Waals surface area contributed by atoms with Gasteiger partial charge < -0.3 is 51.1 Å². The molecule has 3 saturated heterocycles. The summed E-state index contributed by atoms with van der Waals surface area (Å²) in [6, 6.07) is 28.7. The summed E-state index contributed by atoms with van der Waals surface area (Å²) in [6.07, 6.45) is 2.73. The minimum absolute atomic E-state index is 0.477. The fraction of sp³-hybridized carbons (Fsp3) is 0.322. The molecule has 458 valence electrons. The maximum Gasteiger partial charge on any atom is 0.416 e. The van der Waals surface area contributed by atoms with Crippen LogP contribution >= 0.6 is 71.5 Å². The summed E-state index contributed by atoms with van der Waals surface area (Å²) in [5.74, 6) is 0. The summed E-state index contributed by atoms with van der Waals surface area (Å²) < 4.78 is 38.9. The number of alkyl halides is 3. The van der Waals surface area contributed by atoms with Gasteiger partial charge in [-0.25, -0.2) is 0 Å². The first-order valence-corrected chi connectivity index (χ1v) is 30.7. The normalized spacial score (nSPS) is 17.7. The zero-order valence-corrected chi connectivity index (χ0v) is 52.2. The summed E-state index contributed by atoms with van der Waals surface area (Å²) in [5.41, 5.74) is 26.2. The second kappa shape index (κ2) is 29.3. The lowest BCUT2D eigenvalue weighted by atomic mass is 10.1. The Morgan fingerprint density at radius 2 is 0.920 bits per heavy atom. The Bertz CT molecular complexity index is 3640. The molecule has 6 aliphatic rings. The molecule has 20 nitrogen and oxygen atoms in total. The number of para-hydroxylation sites is 2. The van der Waals surface area contributed by atoms with E-state index in [0.717, 1.165) is 159 Å². The number of pyridine rings is 3. The SMILES string of the molecule is FC(F)(F)c1cccc(N2CCN(C(=S)N/N=C3/CCNc4cc(Cl)cnc43)CC2)c1.N#Cc1ccc(N2CCN(C(=S)N/N=C3/CCNc4cc(Cl)cnc43)CC2)cc1.Nc1ccccc1N1CCN(C(=S)N/N=C2/CCNc3cc(Cl)cnc32)CC1. The highest BCUT2D eigenvalue weighted by molar-refractivity contribution is 7.80. The third kappa shape index (κ3) is 16.2. The van der Waals surface area contributed by atoms with Gasteiger partial charge in [0.2, 0.25) is 0 Å². The molecule has 88 heavy (non-hydrogen) atoms. The number of thiocarbonyl (C=S) groups is 3. The molecule has 0 bridgehead atoms. The summed E-state index contributed by atoms with van der Waals surface area (Å²) in [6.45, 7) is 11.3. The van der Waals surface area contributed by atoms with Crippen molar-refractivity contribution in [1.29, 1.82) is 5.26 Å². The number of rotatable bonds is 6. The van der Waals surface area contributed by atoms with Gasteiger partial charge in [-0.2, -0.15) is 33.7 Å². The van der Waals surface area contributed by atoms with Crippen molar-refractivity contribution >= 4 is 144 Å². The van der Waals surface area contributed by atoms with Crippen molar-refractivity contribution in [2.75, 3.05) is 135 Å². The Hall–Kier alpha value is -8.06. The predicted molar refractivity (Wildman–Crippen MR) is 359 cm³/mol. The molecule has 0 saturated carbocycles. The molecule has 6 aromatic rings. The standard InChI is InChI=1S/C20H20ClF3N6S.C20H20ClN7S.C19H22ClN7S/c21-14-11-17-18(26-12-14)16(4-5-25-17)27-28-19(31)30-8-6-29(7-9-30)15-3-1-2-13(10-15)20(22,23)24;21-15-11-18-19(24-13-15)17(5-6-23-18)25-26-20(29)28-9-7-27(8-10-28)16-3-1-14(12-22)2-4-16;20-13-11-16-18(23-12-13)15(5-6-22-16)24-25-19(28)27-9-7-26(8-10-27)17-4-2-1-3-14(17)21/h1-3,10-12,25H,4-9H2,(H,28,31);1-4,11,13,23H,5-10H2,(H,26,29);1-4,11-12,22H,5-10,21H2,(H,25,28)/b27-16-;25-17-;24-15-. The number of hydrazone groups is 3. The minimum Gasteiger partial charge on any atom is -0.397 e. The van der Waals surface area contributed by atoms with E-state index in [-0.39, 0.29) is 0 Å². The second-order valence-corrected chi connectivity index (χ2v) is 23.3. The Kier molecular flexibility index (Phi) is 21.0. The highest BCUT2D eigenvalue weighted by atomic mass is 35.5. The van der Waals surface area contributed by atoms with Crippen LogP contribution in [0.5, 0.6) is 0 Å². The average Bonchev–Trinajstić information content (AvgIpc) is 2.65. The summed E-state index contributed by atoms with van der Waals surface area (Å²) in [4.78, 5) is 25.9. The largest absolute Gasteiger partial charge is 0.416 e. The molecule has 0 spiro atoms. The summed E-state index contributed by atoms with van der Waals surface area (Å²) in [7, 11) is 0. The number of piperazine rings is 3. The van der Waals surface area contributed by atoms with Gasteiger partial charge in [-0.1, -0.05) is 53.0 Å². The molecule has 0 unspecified atom stereocenters. The van der Waals surface area contributed by atoms with Crippen molar-refractivity contribution in [2.45, 2.75) is 25.4 Å². The fourth-order valence-corrected chi connectivity index (χ4v) is 11.6. The lowest BCUT2D eigenvalue weighted by molar-refractivity contribution is -0.137. The highest BCUT2D eigenvalue weighted by Crippen LogP contribution is 2.33. The number of fused-ring (bicyclic) bond motifs is 3. The van der Waals surface area contributed by atoms with E-state index in [1.165, 1.54) is 12.1 Å². The Labute approximate surface area is 539 Å². The Morgan fingerprint density at radius 1 is 0.523 bits per heavy atom. The van der Waals surface area contributed by atoms with Crippen LogP contribution in [0.3, 0.4) is 0 Å². The van der Waals surface area contributed by atoms with Gasteiger partial charge in [0.1, 0.15) is 17.1 Å². The van der Waals surface area contributed by atoms with Gasteiger partial charge in [0.05, 0.1) is 77.8 Å². The number of nitrogen functional groups attached to an aromatic ring is 1. The van der Waals surface area contributed by atoms with Gasteiger partial charge in [-0.3, -0.25) is 31.2 Å². The number of aromatic nitrogens is 3. The molecule has 0 atom stereocenters. The molecule has 29 heteroatoms. The fourth-order valence-electron chi connectivity index (χ4n) is 10.5. The minimum atomic E-state index is -4.35. The molecule has 0 aliphatic carbocycles. The van der Waals surface area contributed by atoms with Crippen molar-refractivity contribution in [3.8, 4) is 6.07 Å². The third-order valence-corrected chi connectivity index (χ3v) is 16.8. The number of hydrogen-bond donors (Lipinski definition) is 7. The second-order valence-electron chi connectivity index (χ2n) is 20.8. The van der Waals surface area contributed by atoms with Crippen LogP contribution in [-0.4, -0.2) is 160 Å². The van der Waals surface area contributed by atoms with E-state index < -0.39 is 11.7 Å². The molecule has 8 N–H and O–H groups in total. The molecule has 0 amide bonds. The molecule has 3 aromatic heterocycles. The van der Waals surface area contributed by atoms with Crippen LogP contribution in [0.1, 0.15) is 47.5 Å². The van der Waals surface area contributed by atoms with E-state index in [1.54, 1.807) is 24.7 Å². The van der Waals surface area contributed by atoms with Crippen LogP contribution in [0.25, 0.3) is 0 Å². The van der Waals surface area contributed by atoms with Crippen LogP contribution < -0.4 is 52.7 Å². The molecule has 0 radical (unpaired) electrons. The van der Waals surface area contributed by atoms with Crippen molar-refractivity contribution in [3.63, 3.8) is 0 Å². The quantitative estimate of drug-likeness (QED) is 0.0470. The summed E-state index contributed by atoms with van der Waals surface area (Å²) >= 11 is 34.6. The van der Waals surface area contributed by atoms with Crippen molar-refractivity contribution in [2.24, 2.45) is 15.3 Å². The molecule has 9 heterocycles. The van der Waals surface area contributed by atoms with E-state index in [0.29, 0.717) is 74.3 Å². The van der Waals surface area contributed by atoms with Crippen LogP contribution in [0.15, 0.2) is 125 Å². The lowest BCUT2D eigenvalue weighted by Gasteiger charge is -2.37. The number of hydrogen-bond acceptors (Lipinski definition) is 17. The average molecular weight is 1310 g/mol. The first kappa shape index (κ1) is 63.0. The van der Waals surface area contributed by atoms with Gasteiger partial charge in [0, 0.05) is 147 Å². The number of nitrogens with zero attached hydrogens (tertiary/aromatic N) is 13. The highest BCUT2D eigenvalue weighted by Gasteiger charge is 2.32. The molecular formula is C59H62Cl3F3N20S3. The Balaban J connectivity index is 0.000000146. The molecule has 3 aromatic carbocycles. The number of halogens is 6. The number of nitrogens with two attached hydrogens (primary N) is 1. The smallest absolute Gasteiger partial charge is 0.397 e. The number of nitriles is 1. The molecule has 12 rings (SSSR count). The lowest BCUT2D eigenvalue weighted by Crippen LogP contribution is -2.51. The maximum absolute atomic E-state index is 13.0. The zero-order chi connectivity index (χ0) is 61.7. The van der Waals surface area contributed by atoms with Crippen LogP contribution in [0, 0.1) is 11.3 Å². The third-order valence-electron chi connectivity index (χ3n) is 15.2. The van der Waals surface area contributed by atoms with Gasteiger partial charge in [0.25, 0.3) is 0 Å². The van der Waals surface area contributed by atoms with E-state index >= 15 is 0 Å². The van der Waals surface area contributed by atoms with Crippen LogP contribution in [0.4, 0.5) is 53.0 Å². The molecular weight excluding hydrogens is 1250 g/mol. The van der Waals surface area contributed by atoms with E-state index in [4.69, 9.17) is 82.5 Å².